The molecule has 0 atom stereocenters. The molecule has 0 unspecified atom stereocenters. The van der Waals surface area contributed by atoms with Gasteiger partial charge in [0.05, 0.1) is 32.6 Å². The Morgan fingerprint density at radius 2 is 1.17 bits per heavy atom. The minimum absolute atomic E-state index is 0.00537. The number of carbonyl (C=O) groups excluding carboxylic acids is 4. The van der Waals surface area contributed by atoms with E-state index in [1.165, 1.54) is 42.7 Å². The fraction of sp³-hybridized carbons (Fsp3) is 0.161. The molecule has 12 nitrogen and oxygen atoms in total. The van der Waals surface area contributed by atoms with Crippen LogP contribution in [0.4, 0.5) is 5.69 Å². The molecule has 0 bridgehead atoms. The maximum atomic E-state index is 11.7. The summed E-state index contributed by atoms with van der Waals surface area (Å²) >= 11 is 17.4. The Balaban J connectivity index is 0.000000354. The first kappa shape index (κ1) is 39.6. The Kier molecular flexibility index (Phi) is 18.4. The van der Waals surface area contributed by atoms with Crippen LogP contribution >= 0.6 is 34.8 Å². The first-order valence-electron chi connectivity index (χ1n) is 13.3. The fourth-order valence-corrected chi connectivity index (χ4v) is 3.80. The van der Waals surface area contributed by atoms with Crippen molar-refractivity contribution < 1.29 is 34.7 Å². The van der Waals surface area contributed by atoms with Crippen molar-refractivity contribution >= 4 is 64.9 Å². The van der Waals surface area contributed by atoms with E-state index in [0.29, 0.717) is 52.3 Å². The summed E-state index contributed by atoms with van der Waals surface area (Å²) in [6, 6.07) is 15.8. The van der Waals surface area contributed by atoms with Gasteiger partial charge in [0.25, 0.3) is 11.8 Å². The third-order valence-electron chi connectivity index (χ3n) is 5.42. The van der Waals surface area contributed by atoms with Crippen molar-refractivity contribution in [3.05, 3.63) is 111 Å². The van der Waals surface area contributed by atoms with Gasteiger partial charge in [0.1, 0.15) is 17.7 Å². The second-order valence-corrected chi connectivity index (χ2v) is 9.68. The summed E-state index contributed by atoms with van der Waals surface area (Å²) in [6.07, 6.45) is 4.33. The summed E-state index contributed by atoms with van der Waals surface area (Å²) in [6.45, 7) is 4.79. The zero-order chi connectivity index (χ0) is 34.6. The Morgan fingerprint density at radius 3 is 1.57 bits per heavy atom. The molecule has 0 spiro atoms. The average molecular weight is 693 g/mol. The van der Waals surface area contributed by atoms with Crippen molar-refractivity contribution in [1.29, 1.82) is 0 Å². The van der Waals surface area contributed by atoms with Gasteiger partial charge in [0, 0.05) is 49.3 Å². The monoisotopic (exact) mass is 691 g/mol. The van der Waals surface area contributed by atoms with Crippen molar-refractivity contribution in [3.63, 3.8) is 0 Å². The van der Waals surface area contributed by atoms with Crippen LogP contribution in [0.15, 0.2) is 73.1 Å². The smallest absolute Gasteiger partial charge is 0.252 e. The van der Waals surface area contributed by atoms with Crippen molar-refractivity contribution in [3.8, 4) is 11.3 Å². The number of nitrogens with one attached hydrogen (secondary N) is 2. The average Bonchev–Trinajstić information content (AvgIpc) is 3.07. The van der Waals surface area contributed by atoms with Crippen molar-refractivity contribution in [1.82, 2.24) is 20.6 Å². The molecule has 0 radical (unpaired) electrons. The fourth-order valence-electron chi connectivity index (χ4n) is 3.25. The highest BCUT2D eigenvalue weighted by Crippen LogP contribution is 2.26. The molecule has 4 rings (SSSR count). The van der Waals surface area contributed by atoms with E-state index < -0.39 is 0 Å². The maximum absolute atomic E-state index is 11.7. The molecule has 0 aliphatic heterocycles. The predicted octanol–water partition coefficient (Wildman–Crippen LogP) is 5.79. The number of pyridine rings is 2. The van der Waals surface area contributed by atoms with Gasteiger partial charge >= 0.3 is 0 Å². The summed E-state index contributed by atoms with van der Waals surface area (Å²) in [5.41, 5.74) is 3.51. The van der Waals surface area contributed by atoms with E-state index in [0.717, 1.165) is 19.0 Å². The van der Waals surface area contributed by atoms with Gasteiger partial charge in [-0.25, -0.2) is 4.98 Å². The van der Waals surface area contributed by atoms with Gasteiger partial charge < -0.3 is 15.7 Å². The number of nitrogens with zero attached hydrogens (tertiary/aromatic N) is 3. The van der Waals surface area contributed by atoms with E-state index in [2.05, 4.69) is 20.6 Å². The van der Waals surface area contributed by atoms with E-state index in [9.17, 15) is 19.2 Å². The number of hydrogen-bond acceptors (Lipinski definition) is 10. The number of aliphatic hydroxyl groups excluding tert-OH is 1. The second kappa shape index (κ2) is 21.3. The highest BCUT2D eigenvalue weighted by molar-refractivity contribution is 6.41. The minimum Gasteiger partial charge on any atom is -0.400 e. The number of anilines is 1. The molecule has 0 aliphatic carbocycles. The Morgan fingerprint density at radius 1 is 0.739 bits per heavy atom. The zero-order valence-electron chi connectivity index (χ0n) is 24.9. The van der Waals surface area contributed by atoms with E-state index in [1.807, 2.05) is 13.8 Å². The van der Waals surface area contributed by atoms with Crippen LogP contribution in [0.25, 0.3) is 11.3 Å². The molecule has 0 aliphatic rings. The number of hydrogen-bond donors (Lipinski definition) is 5. The number of amides is 2. The third kappa shape index (κ3) is 12.9. The lowest BCUT2D eigenvalue weighted by Gasteiger charge is -2.07. The summed E-state index contributed by atoms with van der Waals surface area (Å²) in [5, 5.41) is 30.2. The highest BCUT2D eigenvalue weighted by Gasteiger charge is 2.11. The van der Waals surface area contributed by atoms with E-state index in [-0.39, 0.29) is 32.9 Å². The number of benzene rings is 2. The molecule has 0 saturated heterocycles. The van der Waals surface area contributed by atoms with Crippen LogP contribution in [-0.2, 0) is 0 Å². The van der Waals surface area contributed by atoms with Gasteiger partial charge in [-0.3, -0.25) is 34.6 Å². The lowest BCUT2D eigenvalue weighted by Crippen LogP contribution is -2.22. The van der Waals surface area contributed by atoms with Crippen LogP contribution in [0.2, 0.25) is 15.2 Å². The molecule has 2 amide bonds. The summed E-state index contributed by atoms with van der Waals surface area (Å²) < 4.78 is 0. The van der Waals surface area contributed by atoms with Crippen molar-refractivity contribution in [2.45, 2.75) is 13.8 Å². The second-order valence-electron chi connectivity index (χ2n) is 8.51. The third-order valence-corrected chi connectivity index (χ3v) is 6.39. The number of aromatic nitrogens is 2. The molecule has 0 saturated carbocycles. The summed E-state index contributed by atoms with van der Waals surface area (Å²) in [4.78, 5) is 51.7. The minimum atomic E-state index is -0.204. The van der Waals surface area contributed by atoms with Crippen LogP contribution in [0.1, 0.15) is 55.3 Å². The quantitative estimate of drug-likeness (QED) is 0.0861. The van der Waals surface area contributed by atoms with Gasteiger partial charge in [-0.2, -0.15) is 0 Å². The van der Waals surface area contributed by atoms with E-state index >= 15 is 0 Å². The van der Waals surface area contributed by atoms with Gasteiger partial charge in [-0.05, 0) is 50.2 Å². The van der Waals surface area contributed by atoms with E-state index in [1.54, 1.807) is 30.3 Å². The molecule has 5 N–H and O–H groups in total. The Labute approximate surface area is 280 Å². The molecule has 15 heteroatoms. The number of aldehydes is 2. The molecule has 244 valence electrons. The first-order chi connectivity index (χ1) is 22.0. The number of halogens is 3. The van der Waals surface area contributed by atoms with Gasteiger partial charge in [0.2, 0.25) is 0 Å². The topological polar surface area (TPSA) is 182 Å². The molecular weight excluding hydrogens is 661 g/mol. The van der Waals surface area contributed by atoms with Crippen LogP contribution in [-0.4, -0.2) is 70.1 Å². The number of carbonyl (C=O) groups is 4. The molecule has 0 fully saturated rings. The highest BCUT2D eigenvalue weighted by atomic mass is 35.5. The molecular formula is C31H32Cl3N5O7. The van der Waals surface area contributed by atoms with Gasteiger partial charge in [0.15, 0.2) is 0 Å². The molecule has 46 heavy (non-hydrogen) atoms. The molecule has 2 aromatic carbocycles. The summed E-state index contributed by atoms with van der Waals surface area (Å²) in [5.74, 6) is -0.404. The van der Waals surface area contributed by atoms with Crippen LogP contribution in [0, 0.1) is 0 Å². The Bertz CT molecular complexity index is 1570. The van der Waals surface area contributed by atoms with Crippen LogP contribution in [0.5, 0.6) is 0 Å². The first-order valence-corrected chi connectivity index (χ1v) is 14.4. The molecule has 2 aromatic heterocycles. The predicted molar refractivity (Wildman–Crippen MR) is 176 cm³/mol. The lowest BCUT2D eigenvalue weighted by molar-refractivity contribution is 0.0291. The molecule has 2 heterocycles. The number of aliphatic hydroxyl groups is 1. The van der Waals surface area contributed by atoms with Gasteiger partial charge in [-0.1, -0.05) is 59.1 Å². The standard InChI is InChI=1S/C15H13ClN2O2.C8H8Cl2N2O.C7H7NO3.CH4O/c1-2-17-15(20)12-7-13(16)14(18-8-12)11-5-3-10(9-19)4-6-11;1-2-11-8(13)5-3-6(9)7(10)12-4-5;9-5-6-1-3-7(4-2-6)8(10)11;1-2/h3-9H,2H2,1H3,(H,17,20);3-4H,2H2,1H3,(H,11,13);1-5,10-11H;2H,1H3. The van der Waals surface area contributed by atoms with Crippen LogP contribution < -0.4 is 15.9 Å². The zero-order valence-corrected chi connectivity index (χ0v) is 27.2. The summed E-state index contributed by atoms with van der Waals surface area (Å²) in [7, 11) is 1.00. The lowest BCUT2D eigenvalue weighted by atomic mass is 10.1. The Hall–Kier alpha value is -4.43. The maximum Gasteiger partial charge on any atom is 0.252 e. The number of rotatable bonds is 8. The van der Waals surface area contributed by atoms with Crippen molar-refractivity contribution in [2.24, 2.45) is 0 Å². The normalized spacial score (nSPS) is 9.50. The molecule has 4 aromatic rings. The van der Waals surface area contributed by atoms with E-state index in [4.69, 9.17) is 50.3 Å². The largest absolute Gasteiger partial charge is 0.400 e. The van der Waals surface area contributed by atoms with Gasteiger partial charge in [-0.15, -0.1) is 5.23 Å². The SMILES string of the molecule is CCNC(=O)c1cnc(-c2ccc(C=O)cc2)c(Cl)c1.CCNC(=O)c1cnc(Cl)c(Cl)c1.CO.O=Cc1ccc(N(O)O)cc1. The van der Waals surface area contributed by atoms with Crippen molar-refractivity contribution in [2.75, 3.05) is 25.4 Å². The van der Waals surface area contributed by atoms with Crippen LogP contribution in [0.3, 0.4) is 0 Å².